The minimum absolute atomic E-state index is 0.715. The molecule has 0 saturated heterocycles. The zero-order chi connectivity index (χ0) is 37.3. The highest BCUT2D eigenvalue weighted by Crippen LogP contribution is 2.39. The number of benzene rings is 7. The lowest BCUT2D eigenvalue weighted by molar-refractivity contribution is 1.06. The second-order valence-electron chi connectivity index (χ2n) is 14.3. The average molecular weight is 716 g/mol. The van der Waals surface area contributed by atoms with Crippen molar-refractivity contribution in [3.63, 3.8) is 0 Å². The fraction of sp³-hybridized carbons (Fsp3) is 0.0377. The molecule has 0 fully saturated rings. The van der Waals surface area contributed by atoms with Gasteiger partial charge in [-0.05, 0) is 87.3 Å². The summed E-state index contributed by atoms with van der Waals surface area (Å²) in [5.74, 6) is 0.715. The van der Waals surface area contributed by atoms with E-state index in [1.165, 1.54) is 44.0 Å². The minimum Gasteiger partial charge on any atom is -0.248 e. The molecule has 3 nitrogen and oxygen atoms in total. The van der Waals surface area contributed by atoms with Gasteiger partial charge in [-0.3, -0.25) is 0 Å². The van der Waals surface area contributed by atoms with E-state index in [1.54, 1.807) is 0 Å². The Morgan fingerprint density at radius 2 is 0.946 bits per heavy atom. The Balaban J connectivity index is 1.05. The van der Waals surface area contributed by atoms with E-state index in [1.807, 2.05) is 12.1 Å². The van der Waals surface area contributed by atoms with Crippen LogP contribution in [0.1, 0.15) is 24.0 Å². The Labute approximate surface area is 327 Å². The molecule has 0 bridgehead atoms. The number of pyridine rings is 1. The highest BCUT2D eigenvalue weighted by molar-refractivity contribution is 6.14. The molecule has 0 saturated carbocycles. The van der Waals surface area contributed by atoms with Crippen molar-refractivity contribution < 1.29 is 0 Å². The molecule has 0 amide bonds. The van der Waals surface area contributed by atoms with Gasteiger partial charge in [-0.25, -0.2) is 15.0 Å². The molecular weight excluding hydrogens is 679 g/mol. The quantitative estimate of drug-likeness (QED) is 0.154. The zero-order valence-electron chi connectivity index (χ0n) is 30.8. The van der Waals surface area contributed by atoms with Gasteiger partial charge in [-0.15, -0.1) is 0 Å². The molecule has 0 radical (unpaired) electrons. The van der Waals surface area contributed by atoms with Gasteiger partial charge in [0.25, 0.3) is 0 Å². The molecule has 3 heteroatoms. The Morgan fingerprint density at radius 1 is 0.393 bits per heavy atom. The topological polar surface area (TPSA) is 38.7 Å². The van der Waals surface area contributed by atoms with Gasteiger partial charge >= 0.3 is 0 Å². The van der Waals surface area contributed by atoms with Gasteiger partial charge in [-0.1, -0.05) is 170 Å². The summed E-state index contributed by atoms with van der Waals surface area (Å²) in [7, 11) is 0. The van der Waals surface area contributed by atoms with E-state index >= 15 is 0 Å². The van der Waals surface area contributed by atoms with Crippen LogP contribution in [0.2, 0.25) is 0 Å². The molecule has 0 atom stereocenters. The number of hydrogen-bond acceptors (Lipinski definition) is 3. The minimum atomic E-state index is 0.715. The Kier molecular flexibility index (Phi) is 8.66. The number of allylic oxidation sites excluding steroid dienone is 4. The molecule has 0 aliphatic heterocycles. The third-order valence-electron chi connectivity index (χ3n) is 10.7. The number of aromatic nitrogens is 3. The SMILES string of the molecule is C1=C(c2cccc(-c3nc(-c4ccccc4)cc(-c4ccccc4)n3)c2)C=C(c2ccc3ccc4nc(-c5ccccc5)cc(-c5ccccc5)c4c3c2)CC1. The van der Waals surface area contributed by atoms with Gasteiger partial charge in [0.15, 0.2) is 5.82 Å². The van der Waals surface area contributed by atoms with Gasteiger partial charge in [0.05, 0.1) is 22.6 Å². The molecule has 264 valence electrons. The number of fused-ring (bicyclic) bond motifs is 3. The third-order valence-corrected chi connectivity index (χ3v) is 10.7. The van der Waals surface area contributed by atoms with Crippen LogP contribution in [0.15, 0.2) is 200 Å². The molecule has 9 aromatic rings. The van der Waals surface area contributed by atoms with E-state index in [9.17, 15) is 0 Å². The van der Waals surface area contributed by atoms with Crippen molar-refractivity contribution in [1.82, 2.24) is 15.0 Å². The first-order valence-electron chi connectivity index (χ1n) is 19.2. The predicted molar refractivity (Wildman–Crippen MR) is 234 cm³/mol. The van der Waals surface area contributed by atoms with E-state index in [-0.39, 0.29) is 0 Å². The summed E-state index contributed by atoms with van der Waals surface area (Å²) in [5, 5.41) is 3.61. The lowest BCUT2D eigenvalue weighted by Crippen LogP contribution is -1.97. The summed E-state index contributed by atoms with van der Waals surface area (Å²) in [6.07, 6.45) is 6.67. The summed E-state index contributed by atoms with van der Waals surface area (Å²) >= 11 is 0. The van der Waals surface area contributed by atoms with Crippen LogP contribution < -0.4 is 0 Å². The fourth-order valence-corrected chi connectivity index (χ4v) is 7.92. The molecule has 1 aliphatic carbocycles. The first kappa shape index (κ1) is 33.3. The summed E-state index contributed by atoms with van der Waals surface area (Å²) in [4.78, 5) is 15.4. The maximum atomic E-state index is 5.22. The van der Waals surface area contributed by atoms with E-state index in [0.717, 1.165) is 63.3 Å². The number of rotatable bonds is 7. The molecule has 2 aromatic heterocycles. The van der Waals surface area contributed by atoms with Crippen LogP contribution in [0.4, 0.5) is 0 Å². The first-order chi connectivity index (χ1) is 27.7. The average Bonchev–Trinajstić information content (AvgIpc) is 3.29. The summed E-state index contributed by atoms with van der Waals surface area (Å²) < 4.78 is 0. The van der Waals surface area contributed by atoms with Crippen LogP contribution in [0.25, 0.3) is 89.1 Å². The molecule has 10 rings (SSSR count). The highest BCUT2D eigenvalue weighted by Gasteiger charge is 2.17. The fourth-order valence-electron chi connectivity index (χ4n) is 7.92. The third kappa shape index (κ3) is 6.50. The van der Waals surface area contributed by atoms with Crippen LogP contribution in [-0.2, 0) is 0 Å². The van der Waals surface area contributed by atoms with Crippen molar-refractivity contribution in [2.75, 3.05) is 0 Å². The van der Waals surface area contributed by atoms with Crippen molar-refractivity contribution >= 4 is 32.8 Å². The van der Waals surface area contributed by atoms with Crippen molar-refractivity contribution in [2.45, 2.75) is 12.8 Å². The second kappa shape index (κ2) is 14.5. The standard InChI is InChI=1S/C53H37N3/c1-5-15-36(16-6-1)47-34-49(38-17-7-2-8-18-38)54-48-30-29-37-27-28-44(33-46(37)52(47)48)42-24-13-23-41(31-42)43-25-14-26-45(32-43)53-55-50(39-19-9-3-10-20-39)35-51(56-53)40-21-11-4-12-22-40/h1-12,14-23,25-35H,13,24H2. The van der Waals surface area contributed by atoms with Crippen LogP contribution >= 0.6 is 0 Å². The van der Waals surface area contributed by atoms with Crippen LogP contribution in [0.5, 0.6) is 0 Å². The molecule has 2 heterocycles. The van der Waals surface area contributed by atoms with Crippen molar-refractivity contribution in [3.05, 3.63) is 211 Å². The first-order valence-corrected chi connectivity index (χ1v) is 19.2. The van der Waals surface area contributed by atoms with Gasteiger partial charge in [-0.2, -0.15) is 0 Å². The molecule has 0 unspecified atom stereocenters. The Hall–Kier alpha value is -7.23. The van der Waals surface area contributed by atoms with E-state index in [4.69, 9.17) is 15.0 Å². The lowest BCUT2D eigenvalue weighted by Gasteiger charge is -2.17. The monoisotopic (exact) mass is 715 g/mol. The smallest absolute Gasteiger partial charge is 0.160 e. The summed E-state index contributed by atoms with van der Waals surface area (Å²) in [5.41, 5.74) is 15.4. The Bertz CT molecular complexity index is 2870. The number of hydrogen-bond donors (Lipinski definition) is 0. The largest absolute Gasteiger partial charge is 0.248 e. The van der Waals surface area contributed by atoms with Gasteiger partial charge in [0.2, 0.25) is 0 Å². The maximum absolute atomic E-state index is 5.22. The lowest BCUT2D eigenvalue weighted by atomic mass is 9.88. The van der Waals surface area contributed by atoms with Crippen LogP contribution in [0.3, 0.4) is 0 Å². The highest BCUT2D eigenvalue weighted by atomic mass is 14.9. The number of nitrogens with zero attached hydrogens (tertiary/aromatic N) is 3. The van der Waals surface area contributed by atoms with E-state index in [2.05, 4.69) is 188 Å². The zero-order valence-corrected chi connectivity index (χ0v) is 30.8. The van der Waals surface area contributed by atoms with Gasteiger partial charge in [0, 0.05) is 27.6 Å². The Morgan fingerprint density at radius 3 is 1.59 bits per heavy atom. The molecule has 56 heavy (non-hydrogen) atoms. The van der Waals surface area contributed by atoms with Gasteiger partial charge in [0.1, 0.15) is 0 Å². The van der Waals surface area contributed by atoms with E-state index in [0.29, 0.717) is 5.82 Å². The maximum Gasteiger partial charge on any atom is 0.160 e. The van der Waals surface area contributed by atoms with Crippen molar-refractivity contribution in [3.8, 4) is 56.3 Å². The molecule has 0 N–H and O–H groups in total. The van der Waals surface area contributed by atoms with Crippen LogP contribution in [-0.4, -0.2) is 15.0 Å². The summed E-state index contributed by atoms with van der Waals surface area (Å²) in [6, 6.07) is 66.2. The van der Waals surface area contributed by atoms with Crippen LogP contribution in [0, 0.1) is 0 Å². The molecule has 0 spiro atoms. The molecular formula is C53H37N3. The normalized spacial score (nSPS) is 12.7. The van der Waals surface area contributed by atoms with Crippen molar-refractivity contribution in [1.29, 1.82) is 0 Å². The van der Waals surface area contributed by atoms with Gasteiger partial charge < -0.3 is 0 Å². The molecule has 1 aliphatic rings. The molecule has 7 aromatic carbocycles. The predicted octanol–water partition coefficient (Wildman–Crippen LogP) is 13.8. The van der Waals surface area contributed by atoms with Crippen molar-refractivity contribution in [2.24, 2.45) is 0 Å². The summed E-state index contributed by atoms with van der Waals surface area (Å²) in [6.45, 7) is 0. The second-order valence-corrected chi connectivity index (χ2v) is 14.3. The van der Waals surface area contributed by atoms with E-state index < -0.39 is 0 Å².